The lowest BCUT2D eigenvalue weighted by molar-refractivity contribution is 0.0546. The minimum absolute atomic E-state index is 0.0433. The zero-order valence-corrected chi connectivity index (χ0v) is 14.4. The van der Waals surface area contributed by atoms with Crippen LogP contribution in [0.15, 0.2) is 53.0 Å². The summed E-state index contributed by atoms with van der Waals surface area (Å²) in [5, 5.41) is 0.720. The maximum atomic E-state index is 6.03. The summed E-state index contributed by atoms with van der Waals surface area (Å²) >= 11 is 7.05. The molecule has 0 fully saturated rings. The fourth-order valence-electron chi connectivity index (χ4n) is 1.96. The zero-order valence-electron chi connectivity index (χ0n) is 11.2. The Balaban J connectivity index is 2.11. The molecule has 1 unspecified atom stereocenters. The molecule has 106 valence electrons. The lowest BCUT2D eigenvalue weighted by Crippen LogP contribution is -2.08. The number of hydrogen-bond acceptors (Lipinski definition) is 2. The third kappa shape index (κ3) is 3.84. The van der Waals surface area contributed by atoms with Gasteiger partial charge in [0.25, 0.3) is 0 Å². The molecule has 20 heavy (non-hydrogen) atoms. The van der Waals surface area contributed by atoms with Crippen molar-refractivity contribution in [2.45, 2.75) is 12.7 Å². The Morgan fingerprint density at radius 2 is 1.75 bits per heavy atom. The molecule has 2 aromatic rings. The van der Waals surface area contributed by atoms with Gasteiger partial charge in [-0.1, -0.05) is 68.3 Å². The SMILES string of the molecule is COc1ccccc1C(CBr)OCc1ccccc1Br. The van der Waals surface area contributed by atoms with Gasteiger partial charge in [0.05, 0.1) is 19.8 Å². The molecule has 0 bridgehead atoms. The van der Waals surface area contributed by atoms with E-state index in [-0.39, 0.29) is 6.10 Å². The summed E-state index contributed by atoms with van der Waals surface area (Å²) in [6.45, 7) is 0.551. The van der Waals surface area contributed by atoms with Crippen LogP contribution in [0.2, 0.25) is 0 Å². The minimum Gasteiger partial charge on any atom is -0.496 e. The molecule has 0 N–H and O–H groups in total. The van der Waals surface area contributed by atoms with E-state index in [1.54, 1.807) is 7.11 Å². The maximum Gasteiger partial charge on any atom is 0.124 e. The molecule has 0 aliphatic rings. The van der Waals surface area contributed by atoms with E-state index in [1.165, 1.54) is 0 Å². The first-order valence-electron chi connectivity index (χ1n) is 6.30. The summed E-state index contributed by atoms with van der Waals surface area (Å²) in [5.74, 6) is 0.851. The van der Waals surface area contributed by atoms with Crippen LogP contribution in [-0.2, 0) is 11.3 Å². The van der Waals surface area contributed by atoms with Crippen LogP contribution < -0.4 is 4.74 Å². The van der Waals surface area contributed by atoms with Gasteiger partial charge in [0.15, 0.2) is 0 Å². The summed E-state index contributed by atoms with van der Waals surface area (Å²) in [7, 11) is 1.68. The quantitative estimate of drug-likeness (QED) is 0.628. The molecule has 2 aromatic carbocycles. The molecule has 0 saturated heterocycles. The Bertz CT molecular complexity index is 558. The van der Waals surface area contributed by atoms with Gasteiger partial charge in [0, 0.05) is 15.4 Å². The van der Waals surface area contributed by atoms with Crippen LogP contribution in [-0.4, -0.2) is 12.4 Å². The number of ether oxygens (including phenoxy) is 2. The molecule has 0 amide bonds. The van der Waals surface area contributed by atoms with Crippen molar-refractivity contribution in [2.24, 2.45) is 0 Å². The summed E-state index contributed by atoms with van der Waals surface area (Å²) in [5.41, 5.74) is 2.19. The summed E-state index contributed by atoms with van der Waals surface area (Å²) in [6, 6.07) is 16.0. The van der Waals surface area contributed by atoms with E-state index in [0.29, 0.717) is 6.61 Å². The van der Waals surface area contributed by atoms with Gasteiger partial charge in [-0.05, 0) is 17.7 Å². The van der Waals surface area contributed by atoms with Crippen molar-refractivity contribution in [1.29, 1.82) is 0 Å². The Labute approximate surface area is 136 Å². The van der Waals surface area contributed by atoms with Crippen molar-refractivity contribution in [3.63, 3.8) is 0 Å². The number of hydrogen-bond donors (Lipinski definition) is 0. The molecule has 0 heterocycles. The Kier molecular flexibility index (Phi) is 6.07. The predicted octanol–water partition coefficient (Wildman–Crippen LogP) is 5.11. The van der Waals surface area contributed by atoms with Crippen LogP contribution in [0.5, 0.6) is 5.75 Å². The third-order valence-electron chi connectivity index (χ3n) is 3.02. The normalized spacial score (nSPS) is 12.2. The first kappa shape index (κ1) is 15.5. The second-order valence-electron chi connectivity index (χ2n) is 4.29. The Morgan fingerprint density at radius 3 is 2.45 bits per heavy atom. The topological polar surface area (TPSA) is 18.5 Å². The van der Waals surface area contributed by atoms with Gasteiger partial charge in [-0.3, -0.25) is 0 Å². The van der Waals surface area contributed by atoms with E-state index in [9.17, 15) is 0 Å². The smallest absolute Gasteiger partial charge is 0.124 e. The highest BCUT2D eigenvalue weighted by Crippen LogP contribution is 2.30. The number of rotatable bonds is 6. The highest BCUT2D eigenvalue weighted by atomic mass is 79.9. The van der Waals surface area contributed by atoms with E-state index in [1.807, 2.05) is 42.5 Å². The van der Waals surface area contributed by atoms with Crippen LogP contribution in [0.3, 0.4) is 0 Å². The summed E-state index contributed by atoms with van der Waals surface area (Å²) in [4.78, 5) is 0. The van der Waals surface area contributed by atoms with Gasteiger partial charge in [0.2, 0.25) is 0 Å². The monoisotopic (exact) mass is 398 g/mol. The fourth-order valence-corrected chi connectivity index (χ4v) is 2.89. The Morgan fingerprint density at radius 1 is 1.05 bits per heavy atom. The highest BCUT2D eigenvalue weighted by Gasteiger charge is 2.15. The molecule has 0 aliphatic heterocycles. The first-order valence-corrected chi connectivity index (χ1v) is 8.21. The molecule has 4 heteroatoms. The van der Waals surface area contributed by atoms with Gasteiger partial charge in [-0.25, -0.2) is 0 Å². The van der Waals surface area contributed by atoms with Crippen LogP contribution in [0.1, 0.15) is 17.2 Å². The largest absolute Gasteiger partial charge is 0.496 e. The third-order valence-corrected chi connectivity index (χ3v) is 4.39. The molecule has 0 radical (unpaired) electrons. The van der Waals surface area contributed by atoms with Gasteiger partial charge in [-0.2, -0.15) is 0 Å². The van der Waals surface area contributed by atoms with Gasteiger partial charge in [-0.15, -0.1) is 0 Å². The molecular formula is C16H16Br2O2. The first-order chi connectivity index (χ1) is 9.76. The zero-order chi connectivity index (χ0) is 14.4. The van der Waals surface area contributed by atoms with E-state index in [0.717, 1.165) is 26.7 Å². The van der Waals surface area contributed by atoms with E-state index < -0.39 is 0 Å². The average Bonchev–Trinajstić information content (AvgIpc) is 2.50. The highest BCUT2D eigenvalue weighted by molar-refractivity contribution is 9.10. The van der Waals surface area contributed by atoms with Crippen molar-refractivity contribution in [3.8, 4) is 5.75 Å². The van der Waals surface area contributed by atoms with E-state index in [4.69, 9.17) is 9.47 Å². The van der Waals surface area contributed by atoms with Crippen molar-refractivity contribution in [3.05, 3.63) is 64.1 Å². The van der Waals surface area contributed by atoms with Gasteiger partial charge < -0.3 is 9.47 Å². The molecule has 0 spiro atoms. The molecule has 2 rings (SSSR count). The van der Waals surface area contributed by atoms with Crippen molar-refractivity contribution < 1.29 is 9.47 Å². The maximum absolute atomic E-state index is 6.03. The van der Waals surface area contributed by atoms with Crippen molar-refractivity contribution in [2.75, 3.05) is 12.4 Å². The predicted molar refractivity (Wildman–Crippen MR) is 88.5 cm³/mol. The molecule has 0 aromatic heterocycles. The standard InChI is InChI=1S/C16H16Br2O2/c1-19-15-9-5-3-7-13(15)16(10-17)20-11-12-6-2-4-8-14(12)18/h2-9,16H,10-11H2,1H3. The Hall–Kier alpha value is -0.840. The summed E-state index contributed by atoms with van der Waals surface area (Å²) < 4.78 is 12.5. The minimum atomic E-state index is -0.0433. The van der Waals surface area contributed by atoms with Crippen LogP contribution >= 0.6 is 31.9 Å². The number of para-hydroxylation sites is 1. The lowest BCUT2D eigenvalue weighted by Gasteiger charge is -2.19. The second kappa shape index (κ2) is 7.81. The van der Waals surface area contributed by atoms with E-state index in [2.05, 4.69) is 37.9 Å². The van der Waals surface area contributed by atoms with Gasteiger partial charge in [0.1, 0.15) is 5.75 Å². The van der Waals surface area contributed by atoms with Crippen molar-refractivity contribution >= 4 is 31.9 Å². The second-order valence-corrected chi connectivity index (χ2v) is 5.79. The fraction of sp³-hybridized carbons (Fsp3) is 0.250. The van der Waals surface area contributed by atoms with E-state index >= 15 is 0 Å². The molecular weight excluding hydrogens is 384 g/mol. The van der Waals surface area contributed by atoms with Crippen LogP contribution in [0, 0.1) is 0 Å². The van der Waals surface area contributed by atoms with Crippen LogP contribution in [0.25, 0.3) is 0 Å². The number of alkyl halides is 1. The number of methoxy groups -OCH3 is 1. The molecule has 2 nitrogen and oxygen atoms in total. The molecule has 1 atom stereocenters. The van der Waals surface area contributed by atoms with Crippen molar-refractivity contribution in [1.82, 2.24) is 0 Å². The van der Waals surface area contributed by atoms with Gasteiger partial charge >= 0.3 is 0 Å². The number of benzene rings is 2. The summed E-state index contributed by atoms with van der Waals surface area (Å²) in [6.07, 6.45) is -0.0433. The van der Waals surface area contributed by atoms with Crippen LogP contribution in [0.4, 0.5) is 0 Å². The molecule has 0 saturated carbocycles. The lowest BCUT2D eigenvalue weighted by atomic mass is 10.1. The molecule has 0 aliphatic carbocycles. The number of halogens is 2. The average molecular weight is 400 g/mol.